The molecule has 2 N–H and O–H groups in total. The van der Waals surface area contributed by atoms with Gasteiger partial charge in [-0.1, -0.05) is 31.9 Å². The summed E-state index contributed by atoms with van der Waals surface area (Å²) >= 11 is 0. The topological polar surface area (TPSA) is 46.3 Å². The van der Waals surface area contributed by atoms with Crippen LogP contribution in [0.2, 0.25) is 0 Å². The second-order valence-corrected chi connectivity index (χ2v) is 5.75. The van der Waals surface area contributed by atoms with Gasteiger partial charge in [-0.15, -0.1) is 0 Å². The molecule has 1 saturated carbocycles. The quantitative estimate of drug-likeness (QED) is 0.908. The van der Waals surface area contributed by atoms with E-state index in [9.17, 15) is 4.79 Å². The fourth-order valence-electron chi connectivity index (χ4n) is 2.95. The van der Waals surface area contributed by atoms with Gasteiger partial charge in [-0.3, -0.25) is 4.79 Å². The Morgan fingerprint density at radius 3 is 2.89 bits per heavy atom. The molecule has 2 unspecified atom stereocenters. The van der Waals surface area contributed by atoms with Gasteiger partial charge in [0, 0.05) is 25.2 Å². The second-order valence-electron chi connectivity index (χ2n) is 5.75. The highest BCUT2D eigenvalue weighted by molar-refractivity contribution is 5.94. The standard InChI is InChI=1S/C16H24N2O/c1-12-5-3-8-15(9-12)18(2)16(19)14-7-4-6-13(10-14)11-17/h4,6-7,10,12,15H,3,5,8-9,11,17H2,1-2H3. The number of hydrogen-bond acceptors (Lipinski definition) is 2. The summed E-state index contributed by atoms with van der Waals surface area (Å²) in [7, 11) is 1.93. The summed E-state index contributed by atoms with van der Waals surface area (Å²) in [5, 5.41) is 0. The average molecular weight is 260 g/mol. The first-order valence-electron chi connectivity index (χ1n) is 7.18. The van der Waals surface area contributed by atoms with E-state index in [-0.39, 0.29) is 5.91 Å². The van der Waals surface area contributed by atoms with E-state index in [2.05, 4.69) is 6.92 Å². The Morgan fingerprint density at radius 2 is 2.21 bits per heavy atom. The number of carbonyl (C=O) groups excluding carboxylic acids is 1. The van der Waals surface area contributed by atoms with E-state index in [1.807, 2.05) is 36.2 Å². The molecule has 1 aliphatic carbocycles. The van der Waals surface area contributed by atoms with E-state index in [0.29, 0.717) is 12.6 Å². The van der Waals surface area contributed by atoms with Gasteiger partial charge in [-0.05, 0) is 36.5 Å². The van der Waals surface area contributed by atoms with Gasteiger partial charge < -0.3 is 10.6 Å². The van der Waals surface area contributed by atoms with E-state index in [4.69, 9.17) is 5.73 Å². The minimum absolute atomic E-state index is 0.120. The van der Waals surface area contributed by atoms with Gasteiger partial charge in [-0.25, -0.2) is 0 Å². The maximum Gasteiger partial charge on any atom is 0.253 e. The van der Waals surface area contributed by atoms with Crippen LogP contribution in [0, 0.1) is 5.92 Å². The van der Waals surface area contributed by atoms with Gasteiger partial charge in [0.25, 0.3) is 5.91 Å². The molecular weight excluding hydrogens is 236 g/mol. The number of benzene rings is 1. The van der Waals surface area contributed by atoms with Gasteiger partial charge in [0.2, 0.25) is 0 Å². The number of nitrogens with zero attached hydrogens (tertiary/aromatic N) is 1. The molecule has 1 aliphatic rings. The first-order valence-corrected chi connectivity index (χ1v) is 7.18. The third-order valence-electron chi connectivity index (χ3n) is 4.19. The highest BCUT2D eigenvalue weighted by Crippen LogP contribution is 2.27. The second kappa shape index (κ2) is 6.20. The fraction of sp³-hybridized carbons (Fsp3) is 0.562. The number of hydrogen-bond donors (Lipinski definition) is 1. The molecule has 1 fully saturated rings. The summed E-state index contributed by atoms with van der Waals surface area (Å²) in [6, 6.07) is 8.04. The molecule has 1 amide bonds. The van der Waals surface area contributed by atoms with Gasteiger partial charge in [0.05, 0.1) is 0 Å². The Bertz CT molecular complexity index is 444. The largest absolute Gasteiger partial charge is 0.339 e. The minimum Gasteiger partial charge on any atom is -0.339 e. The Kier molecular flexibility index (Phi) is 4.59. The monoisotopic (exact) mass is 260 g/mol. The zero-order chi connectivity index (χ0) is 13.8. The Hall–Kier alpha value is -1.35. The van der Waals surface area contributed by atoms with Crippen molar-refractivity contribution in [2.45, 2.75) is 45.2 Å². The molecule has 0 saturated heterocycles. The van der Waals surface area contributed by atoms with Crippen molar-refractivity contribution in [1.29, 1.82) is 0 Å². The minimum atomic E-state index is 0.120. The Labute approximate surface area is 115 Å². The predicted octanol–water partition coefficient (Wildman–Crippen LogP) is 2.80. The van der Waals surface area contributed by atoms with Crippen LogP contribution in [0.1, 0.15) is 48.5 Å². The van der Waals surface area contributed by atoms with Crippen LogP contribution in [0.3, 0.4) is 0 Å². The predicted molar refractivity (Wildman–Crippen MR) is 77.8 cm³/mol. The maximum atomic E-state index is 12.5. The highest BCUT2D eigenvalue weighted by Gasteiger charge is 2.25. The van der Waals surface area contributed by atoms with Gasteiger partial charge in [-0.2, -0.15) is 0 Å². The zero-order valence-electron chi connectivity index (χ0n) is 11.9. The molecule has 0 bridgehead atoms. The van der Waals surface area contributed by atoms with E-state index >= 15 is 0 Å². The van der Waals surface area contributed by atoms with Crippen molar-refractivity contribution in [2.75, 3.05) is 7.05 Å². The SMILES string of the molecule is CC1CCCC(N(C)C(=O)c2cccc(CN)c2)C1. The zero-order valence-corrected chi connectivity index (χ0v) is 11.9. The van der Waals surface area contributed by atoms with Crippen LogP contribution in [0.4, 0.5) is 0 Å². The Balaban J connectivity index is 2.09. The van der Waals surface area contributed by atoms with Crippen LogP contribution in [0.25, 0.3) is 0 Å². The van der Waals surface area contributed by atoms with Crippen molar-refractivity contribution >= 4 is 5.91 Å². The van der Waals surface area contributed by atoms with Crippen LogP contribution in [0.15, 0.2) is 24.3 Å². The molecule has 1 aromatic carbocycles. The van der Waals surface area contributed by atoms with Crippen LogP contribution in [-0.2, 0) is 6.54 Å². The van der Waals surface area contributed by atoms with Crippen LogP contribution in [0.5, 0.6) is 0 Å². The van der Waals surface area contributed by atoms with E-state index in [1.54, 1.807) is 0 Å². The number of carbonyl (C=O) groups is 1. The van der Waals surface area contributed by atoms with Crippen molar-refractivity contribution in [3.63, 3.8) is 0 Å². The molecule has 3 heteroatoms. The summed E-state index contributed by atoms with van der Waals surface area (Å²) in [5.41, 5.74) is 7.39. The van der Waals surface area contributed by atoms with Crippen molar-refractivity contribution in [1.82, 2.24) is 4.90 Å². The lowest BCUT2D eigenvalue weighted by Gasteiger charge is -2.34. The number of rotatable bonds is 3. The molecule has 2 atom stereocenters. The molecule has 104 valence electrons. The number of amides is 1. The van der Waals surface area contributed by atoms with Crippen LogP contribution >= 0.6 is 0 Å². The average Bonchev–Trinajstić information content (AvgIpc) is 2.45. The lowest BCUT2D eigenvalue weighted by atomic mass is 9.86. The first kappa shape index (κ1) is 14.1. The molecule has 0 radical (unpaired) electrons. The van der Waals surface area contributed by atoms with Gasteiger partial charge in [0.1, 0.15) is 0 Å². The van der Waals surface area contributed by atoms with Crippen LogP contribution in [-0.4, -0.2) is 23.9 Å². The molecule has 1 aromatic rings. The van der Waals surface area contributed by atoms with E-state index in [1.165, 1.54) is 12.8 Å². The third kappa shape index (κ3) is 3.35. The summed E-state index contributed by atoms with van der Waals surface area (Å²) in [5.74, 6) is 0.846. The molecular formula is C16H24N2O. The van der Waals surface area contributed by atoms with Crippen LogP contribution < -0.4 is 5.73 Å². The molecule has 2 rings (SSSR count). The molecule has 0 aliphatic heterocycles. The number of nitrogens with two attached hydrogens (primary N) is 1. The fourth-order valence-corrected chi connectivity index (χ4v) is 2.95. The normalized spacial score (nSPS) is 23.1. The van der Waals surface area contributed by atoms with Crippen molar-refractivity contribution < 1.29 is 4.79 Å². The smallest absolute Gasteiger partial charge is 0.253 e. The molecule has 0 heterocycles. The van der Waals surface area contributed by atoms with Crippen molar-refractivity contribution in [2.24, 2.45) is 11.7 Å². The maximum absolute atomic E-state index is 12.5. The van der Waals surface area contributed by atoms with Gasteiger partial charge in [0.15, 0.2) is 0 Å². The third-order valence-corrected chi connectivity index (χ3v) is 4.19. The summed E-state index contributed by atoms with van der Waals surface area (Å²) < 4.78 is 0. The van der Waals surface area contributed by atoms with E-state index in [0.717, 1.165) is 29.9 Å². The summed E-state index contributed by atoms with van der Waals surface area (Å²) in [4.78, 5) is 14.4. The summed E-state index contributed by atoms with van der Waals surface area (Å²) in [6.45, 7) is 2.75. The molecule has 3 nitrogen and oxygen atoms in total. The van der Waals surface area contributed by atoms with Crippen molar-refractivity contribution in [3.8, 4) is 0 Å². The molecule has 19 heavy (non-hydrogen) atoms. The highest BCUT2D eigenvalue weighted by atomic mass is 16.2. The summed E-state index contributed by atoms with van der Waals surface area (Å²) in [6.07, 6.45) is 4.77. The van der Waals surface area contributed by atoms with Gasteiger partial charge >= 0.3 is 0 Å². The molecule has 0 aromatic heterocycles. The van der Waals surface area contributed by atoms with Crippen molar-refractivity contribution in [3.05, 3.63) is 35.4 Å². The first-order chi connectivity index (χ1) is 9.11. The lowest BCUT2D eigenvalue weighted by molar-refractivity contribution is 0.0672. The Morgan fingerprint density at radius 1 is 1.42 bits per heavy atom. The lowest BCUT2D eigenvalue weighted by Crippen LogP contribution is -2.39. The molecule has 0 spiro atoms. The van der Waals surface area contributed by atoms with E-state index < -0.39 is 0 Å².